The van der Waals surface area contributed by atoms with Crippen LogP contribution in [0.25, 0.3) is 0 Å². The van der Waals surface area contributed by atoms with E-state index in [2.05, 4.69) is 15.0 Å². The van der Waals surface area contributed by atoms with Gasteiger partial charge in [0.15, 0.2) is 11.5 Å². The molecular weight excluding hydrogens is 378 g/mol. The maximum absolute atomic E-state index is 12.4. The molecule has 2 heterocycles. The number of sulfonamides is 1. The van der Waals surface area contributed by atoms with Gasteiger partial charge in [-0.3, -0.25) is 4.72 Å². The minimum Gasteiger partial charge on any atom is -0.454 e. The van der Waals surface area contributed by atoms with Crippen molar-refractivity contribution in [3.8, 4) is 11.5 Å². The number of benzene rings is 2. The van der Waals surface area contributed by atoms with Crippen molar-refractivity contribution in [1.29, 1.82) is 0 Å². The van der Waals surface area contributed by atoms with Crippen LogP contribution in [0.5, 0.6) is 11.5 Å². The molecule has 144 valence electrons. The Bertz CT molecular complexity index is 1080. The van der Waals surface area contributed by atoms with Gasteiger partial charge in [0, 0.05) is 6.54 Å². The van der Waals surface area contributed by atoms with E-state index in [1.54, 1.807) is 36.4 Å². The molecule has 0 bridgehead atoms. The van der Waals surface area contributed by atoms with Crippen molar-refractivity contribution >= 4 is 21.5 Å². The van der Waals surface area contributed by atoms with Gasteiger partial charge in [-0.25, -0.2) is 13.4 Å². The van der Waals surface area contributed by atoms with Crippen LogP contribution in [0.3, 0.4) is 0 Å². The fraction of sp³-hybridized carbons (Fsp3) is 0.150. The van der Waals surface area contributed by atoms with Gasteiger partial charge in [-0.1, -0.05) is 23.8 Å². The monoisotopic (exact) mass is 397 g/mol. The summed E-state index contributed by atoms with van der Waals surface area (Å²) in [4.78, 5) is 4.48. The van der Waals surface area contributed by atoms with Crippen molar-refractivity contribution < 1.29 is 17.9 Å². The van der Waals surface area contributed by atoms with Gasteiger partial charge in [-0.2, -0.15) is 0 Å². The van der Waals surface area contributed by atoms with Gasteiger partial charge in [-0.15, -0.1) is 0 Å². The van der Waals surface area contributed by atoms with E-state index in [0.29, 0.717) is 18.1 Å². The fourth-order valence-electron chi connectivity index (χ4n) is 2.73. The zero-order valence-electron chi connectivity index (χ0n) is 15.2. The lowest BCUT2D eigenvalue weighted by Gasteiger charge is -2.10. The highest BCUT2D eigenvalue weighted by molar-refractivity contribution is 7.92. The Balaban J connectivity index is 1.39. The summed E-state index contributed by atoms with van der Waals surface area (Å²) in [6.07, 6.45) is 1.48. The molecule has 2 N–H and O–H groups in total. The second-order valence-electron chi connectivity index (χ2n) is 6.39. The highest BCUT2D eigenvalue weighted by Gasteiger charge is 2.15. The first-order chi connectivity index (χ1) is 13.5. The quantitative estimate of drug-likeness (QED) is 0.661. The second kappa shape index (κ2) is 7.40. The number of pyridine rings is 1. The maximum Gasteiger partial charge on any atom is 0.261 e. The molecular formula is C20H19N3O4S. The number of nitrogens with zero attached hydrogens (tertiary/aromatic N) is 1. The maximum atomic E-state index is 12.4. The van der Waals surface area contributed by atoms with E-state index in [1.165, 1.54) is 6.20 Å². The number of ether oxygens (including phenoxy) is 2. The van der Waals surface area contributed by atoms with Gasteiger partial charge in [0.2, 0.25) is 6.79 Å². The van der Waals surface area contributed by atoms with Gasteiger partial charge in [0.1, 0.15) is 5.82 Å². The van der Waals surface area contributed by atoms with Gasteiger partial charge in [0.25, 0.3) is 10.0 Å². The van der Waals surface area contributed by atoms with E-state index in [-0.39, 0.29) is 11.7 Å². The van der Waals surface area contributed by atoms with Crippen molar-refractivity contribution in [1.82, 2.24) is 4.98 Å². The molecule has 0 spiro atoms. The highest BCUT2D eigenvalue weighted by Crippen LogP contribution is 2.32. The highest BCUT2D eigenvalue weighted by atomic mass is 32.2. The minimum atomic E-state index is -3.64. The zero-order valence-corrected chi connectivity index (χ0v) is 16.0. The van der Waals surface area contributed by atoms with Crippen LogP contribution in [0.4, 0.5) is 11.5 Å². The Morgan fingerprint density at radius 1 is 1.00 bits per heavy atom. The number of hydrogen-bond donors (Lipinski definition) is 2. The second-order valence-corrected chi connectivity index (χ2v) is 8.07. The smallest absolute Gasteiger partial charge is 0.261 e. The van der Waals surface area contributed by atoms with Crippen LogP contribution in [0, 0.1) is 6.92 Å². The Hall–Kier alpha value is -3.26. The molecule has 1 aromatic heterocycles. The third kappa shape index (κ3) is 4.01. The van der Waals surface area contributed by atoms with Crippen molar-refractivity contribution in [3.05, 3.63) is 71.9 Å². The number of rotatable bonds is 6. The summed E-state index contributed by atoms with van der Waals surface area (Å²) in [5.41, 5.74) is 2.42. The molecule has 28 heavy (non-hydrogen) atoms. The van der Waals surface area contributed by atoms with E-state index in [1.807, 2.05) is 25.1 Å². The summed E-state index contributed by atoms with van der Waals surface area (Å²) in [6.45, 7) is 2.70. The first-order valence-electron chi connectivity index (χ1n) is 8.67. The lowest BCUT2D eigenvalue weighted by Crippen LogP contribution is -2.13. The molecule has 3 aromatic rings. The lowest BCUT2D eigenvalue weighted by atomic mass is 10.2. The molecule has 7 nitrogen and oxygen atoms in total. The van der Waals surface area contributed by atoms with Gasteiger partial charge in [0.05, 0.1) is 16.8 Å². The summed E-state index contributed by atoms with van der Waals surface area (Å²) in [6, 6.07) is 15.8. The molecule has 4 rings (SSSR count). The molecule has 2 aromatic carbocycles. The molecule has 0 atom stereocenters. The number of hydrogen-bond acceptors (Lipinski definition) is 6. The average Bonchev–Trinajstić information content (AvgIpc) is 3.15. The molecule has 1 aliphatic rings. The van der Waals surface area contributed by atoms with Crippen LogP contribution in [-0.2, 0) is 16.6 Å². The van der Waals surface area contributed by atoms with Gasteiger partial charge < -0.3 is 14.8 Å². The number of fused-ring (bicyclic) bond motifs is 1. The standard InChI is InChI=1S/C20H19N3O4S/c1-14-2-6-17(7-3-14)28(24,25)23-16-5-9-20(22-12-16)21-11-15-4-8-18-19(10-15)27-13-26-18/h2-10,12,23H,11,13H2,1H3,(H,21,22). The molecule has 0 saturated heterocycles. The van der Waals surface area contributed by atoms with E-state index in [0.717, 1.165) is 22.6 Å². The fourth-order valence-corrected chi connectivity index (χ4v) is 3.78. The predicted octanol–water partition coefficient (Wildman–Crippen LogP) is 3.53. The summed E-state index contributed by atoms with van der Waals surface area (Å²) in [5.74, 6) is 2.11. The summed E-state index contributed by atoms with van der Waals surface area (Å²) in [5, 5.41) is 3.20. The topological polar surface area (TPSA) is 89.6 Å². The first-order valence-corrected chi connectivity index (χ1v) is 10.2. The van der Waals surface area contributed by atoms with Crippen molar-refractivity contribution in [2.75, 3.05) is 16.8 Å². The molecule has 0 fully saturated rings. The third-order valence-electron chi connectivity index (χ3n) is 4.26. The van der Waals surface area contributed by atoms with Gasteiger partial charge in [-0.05, 0) is 48.9 Å². The Morgan fingerprint density at radius 2 is 1.79 bits per heavy atom. The minimum absolute atomic E-state index is 0.211. The molecule has 0 amide bonds. The summed E-state index contributed by atoms with van der Waals surface area (Å²) < 4.78 is 38.0. The molecule has 0 radical (unpaired) electrons. The average molecular weight is 397 g/mol. The largest absolute Gasteiger partial charge is 0.454 e. The van der Waals surface area contributed by atoms with Crippen LogP contribution in [0.1, 0.15) is 11.1 Å². The molecule has 0 saturated carbocycles. The SMILES string of the molecule is Cc1ccc(S(=O)(=O)Nc2ccc(NCc3ccc4c(c3)OCO4)nc2)cc1. The normalized spacial score (nSPS) is 12.6. The van der Waals surface area contributed by atoms with Crippen LogP contribution < -0.4 is 19.5 Å². The number of aryl methyl sites for hydroxylation is 1. The summed E-state index contributed by atoms with van der Waals surface area (Å²) >= 11 is 0. The number of aromatic nitrogens is 1. The van der Waals surface area contributed by atoms with Crippen molar-refractivity contribution in [2.45, 2.75) is 18.4 Å². The van der Waals surface area contributed by atoms with Crippen LogP contribution in [0.2, 0.25) is 0 Å². The van der Waals surface area contributed by atoms with Crippen molar-refractivity contribution in [2.24, 2.45) is 0 Å². The zero-order chi connectivity index (χ0) is 19.6. The third-order valence-corrected chi connectivity index (χ3v) is 5.65. The van der Waals surface area contributed by atoms with Crippen LogP contribution in [0.15, 0.2) is 65.7 Å². The number of anilines is 2. The van der Waals surface area contributed by atoms with Gasteiger partial charge >= 0.3 is 0 Å². The van der Waals surface area contributed by atoms with Crippen molar-refractivity contribution in [3.63, 3.8) is 0 Å². The predicted molar refractivity (Wildman–Crippen MR) is 106 cm³/mol. The van der Waals surface area contributed by atoms with E-state index in [9.17, 15) is 8.42 Å². The van der Waals surface area contributed by atoms with E-state index in [4.69, 9.17) is 9.47 Å². The van der Waals surface area contributed by atoms with Crippen LogP contribution in [-0.4, -0.2) is 20.2 Å². The molecule has 8 heteroatoms. The van der Waals surface area contributed by atoms with E-state index >= 15 is 0 Å². The lowest BCUT2D eigenvalue weighted by molar-refractivity contribution is 0.174. The first kappa shape index (κ1) is 18.1. The van der Waals surface area contributed by atoms with Crippen LogP contribution >= 0.6 is 0 Å². The molecule has 0 unspecified atom stereocenters. The number of nitrogens with one attached hydrogen (secondary N) is 2. The van der Waals surface area contributed by atoms with E-state index < -0.39 is 10.0 Å². The molecule has 1 aliphatic heterocycles. The Labute approximate surface area is 163 Å². The Kier molecular flexibility index (Phi) is 4.79. The summed E-state index contributed by atoms with van der Waals surface area (Å²) in [7, 11) is -3.64. The molecule has 0 aliphatic carbocycles. The Morgan fingerprint density at radius 3 is 2.54 bits per heavy atom.